The number of ether oxygens (including phenoxy) is 2. The average Bonchev–Trinajstić information content (AvgIpc) is 2.76. The standard InChI is InChI=1S/C23H26N4O2/c24-12-18-4-8-20(9-5-18)14-28-16-22-2-1-3-23(27-22)17-29-15-21-10-6-19(7-11-21)13-26-25/h1-11,25H,12-17,24H2. The molecular weight excluding hydrogens is 364 g/mol. The van der Waals surface area contributed by atoms with E-state index in [1.165, 1.54) is 0 Å². The van der Waals surface area contributed by atoms with Crippen LogP contribution in [0, 0.1) is 5.53 Å². The smallest absolute Gasteiger partial charge is 0.0892 e. The summed E-state index contributed by atoms with van der Waals surface area (Å²) >= 11 is 0. The van der Waals surface area contributed by atoms with Crippen molar-refractivity contribution in [3.05, 3.63) is 100 Å². The van der Waals surface area contributed by atoms with Gasteiger partial charge in [0.25, 0.3) is 0 Å². The van der Waals surface area contributed by atoms with Gasteiger partial charge in [-0.25, -0.2) is 5.53 Å². The van der Waals surface area contributed by atoms with E-state index in [2.05, 4.69) is 10.1 Å². The van der Waals surface area contributed by atoms with Crippen molar-refractivity contribution < 1.29 is 9.47 Å². The Kier molecular flexibility index (Phi) is 8.01. The molecule has 6 heteroatoms. The van der Waals surface area contributed by atoms with E-state index >= 15 is 0 Å². The van der Waals surface area contributed by atoms with Crippen molar-refractivity contribution in [3.8, 4) is 0 Å². The minimum Gasteiger partial charge on any atom is -0.370 e. The maximum Gasteiger partial charge on any atom is 0.0892 e. The van der Waals surface area contributed by atoms with Gasteiger partial charge >= 0.3 is 0 Å². The molecule has 1 aromatic heterocycles. The van der Waals surface area contributed by atoms with Crippen LogP contribution in [-0.4, -0.2) is 4.98 Å². The second kappa shape index (κ2) is 11.2. The Morgan fingerprint density at radius 2 is 1.17 bits per heavy atom. The average molecular weight is 390 g/mol. The summed E-state index contributed by atoms with van der Waals surface area (Å²) in [5, 5.41) is 3.39. The highest BCUT2D eigenvalue weighted by atomic mass is 16.5. The van der Waals surface area contributed by atoms with Gasteiger partial charge in [-0.15, -0.1) is 0 Å². The van der Waals surface area contributed by atoms with Crippen molar-refractivity contribution in [2.24, 2.45) is 10.8 Å². The van der Waals surface area contributed by atoms with Crippen LogP contribution in [-0.2, 0) is 49.0 Å². The third-order valence-corrected chi connectivity index (χ3v) is 4.45. The van der Waals surface area contributed by atoms with Crippen molar-refractivity contribution in [2.75, 3.05) is 0 Å². The third kappa shape index (κ3) is 6.87. The van der Waals surface area contributed by atoms with E-state index < -0.39 is 0 Å². The number of nitrogens with zero attached hydrogens (tertiary/aromatic N) is 2. The molecule has 0 fully saturated rings. The Morgan fingerprint density at radius 3 is 1.66 bits per heavy atom. The normalized spacial score (nSPS) is 10.8. The molecule has 150 valence electrons. The van der Waals surface area contributed by atoms with Crippen LogP contribution in [0.3, 0.4) is 0 Å². The Morgan fingerprint density at radius 1 is 0.690 bits per heavy atom. The molecule has 0 aliphatic carbocycles. The van der Waals surface area contributed by atoms with E-state index in [0.717, 1.165) is 33.6 Å². The summed E-state index contributed by atoms with van der Waals surface area (Å²) in [6.07, 6.45) is 0. The Hall–Kier alpha value is -2.93. The van der Waals surface area contributed by atoms with Gasteiger partial charge in [0.2, 0.25) is 0 Å². The number of nitrogens with two attached hydrogens (primary N) is 1. The van der Waals surface area contributed by atoms with Crippen molar-refractivity contribution in [2.45, 2.75) is 39.5 Å². The molecule has 3 N–H and O–H groups in total. The van der Waals surface area contributed by atoms with Gasteiger partial charge in [0, 0.05) is 6.54 Å². The van der Waals surface area contributed by atoms with Crippen molar-refractivity contribution in [3.63, 3.8) is 0 Å². The molecule has 0 saturated carbocycles. The van der Waals surface area contributed by atoms with Crippen LogP contribution in [0.1, 0.15) is 33.6 Å². The van der Waals surface area contributed by atoms with Crippen LogP contribution >= 0.6 is 0 Å². The van der Waals surface area contributed by atoms with Gasteiger partial charge < -0.3 is 15.2 Å². The number of nitrogens with one attached hydrogen (secondary N) is 1. The minimum atomic E-state index is 0.416. The van der Waals surface area contributed by atoms with Gasteiger partial charge in [-0.1, -0.05) is 54.6 Å². The SMILES string of the molecule is N=NCc1ccc(COCc2cccc(COCc3ccc(CN)cc3)n2)cc1. The Balaban J connectivity index is 1.43. The van der Waals surface area contributed by atoms with Gasteiger partial charge in [-0.2, -0.15) is 5.11 Å². The first-order valence-corrected chi connectivity index (χ1v) is 9.56. The largest absolute Gasteiger partial charge is 0.370 e. The summed E-state index contributed by atoms with van der Waals surface area (Å²) in [4.78, 5) is 4.60. The quantitative estimate of drug-likeness (QED) is 0.471. The van der Waals surface area contributed by atoms with Gasteiger partial charge in [0.1, 0.15) is 0 Å². The van der Waals surface area contributed by atoms with Gasteiger partial charge in [0.15, 0.2) is 0 Å². The van der Waals surface area contributed by atoms with Crippen LogP contribution in [0.15, 0.2) is 71.8 Å². The number of hydrogen-bond acceptors (Lipinski definition) is 6. The fourth-order valence-electron chi connectivity index (χ4n) is 2.84. The van der Waals surface area contributed by atoms with Crippen LogP contribution in [0.25, 0.3) is 0 Å². The molecule has 6 nitrogen and oxygen atoms in total. The number of aromatic nitrogens is 1. The van der Waals surface area contributed by atoms with Gasteiger partial charge in [-0.05, 0) is 34.4 Å². The first-order chi connectivity index (χ1) is 14.3. The molecule has 29 heavy (non-hydrogen) atoms. The van der Waals surface area contributed by atoms with Crippen LogP contribution in [0.4, 0.5) is 0 Å². The van der Waals surface area contributed by atoms with E-state index in [9.17, 15) is 0 Å². The molecular formula is C23H26N4O2. The van der Waals surface area contributed by atoms with Crippen LogP contribution in [0.2, 0.25) is 0 Å². The number of pyridine rings is 1. The molecule has 0 saturated heterocycles. The van der Waals surface area contributed by atoms with Crippen molar-refractivity contribution in [1.29, 1.82) is 5.53 Å². The van der Waals surface area contributed by atoms with Crippen LogP contribution < -0.4 is 5.73 Å². The Bertz CT molecular complexity index is 896. The lowest BCUT2D eigenvalue weighted by Gasteiger charge is -2.08. The van der Waals surface area contributed by atoms with Gasteiger partial charge in [-0.3, -0.25) is 4.98 Å². The summed E-state index contributed by atoms with van der Waals surface area (Å²) in [6, 6.07) is 21.9. The van der Waals surface area contributed by atoms with Crippen LogP contribution in [0.5, 0.6) is 0 Å². The molecule has 2 aromatic carbocycles. The lowest BCUT2D eigenvalue weighted by atomic mass is 10.1. The first-order valence-electron chi connectivity index (χ1n) is 9.56. The Labute approximate surface area is 171 Å². The van der Waals surface area contributed by atoms with E-state index in [-0.39, 0.29) is 0 Å². The number of rotatable bonds is 11. The second-order valence-corrected chi connectivity index (χ2v) is 6.76. The minimum absolute atomic E-state index is 0.416. The highest BCUT2D eigenvalue weighted by Gasteiger charge is 2.01. The van der Waals surface area contributed by atoms with E-state index in [4.69, 9.17) is 20.7 Å². The number of hydrogen-bond donors (Lipinski definition) is 2. The molecule has 1 heterocycles. The van der Waals surface area contributed by atoms with E-state index in [1.807, 2.05) is 66.7 Å². The molecule has 0 aliphatic rings. The summed E-state index contributed by atoms with van der Waals surface area (Å²) in [5.41, 5.74) is 18.6. The third-order valence-electron chi connectivity index (χ3n) is 4.45. The highest BCUT2D eigenvalue weighted by Crippen LogP contribution is 2.10. The first kappa shape index (κ1) is 20.8. The highest BCUT2D eigenvalue weighted by molar-refractivity contribution is 5.22. The molecule has 3 rings (SSSR count). The zero-order valence-electron chi connectivity index (χ0n) is 16.4. The summed E-state index contributed by atoms with van der Waals surface area (Å²) in [7, 11) is 0. The van der Waals surface area contributed by atoms with Crippen molar-refractivity contribution in [1.82, 2.24) is 4.98 Å². The topological polar surface area (TPSA) is 93.6 Å². The maximum absolute atomic E-state index is 6.90. The summed E-state index contributed by atoms with van der Waals surface area (Å²) < 4.78 is 11.6. The second-order valence-electron chi connectivity index (χ2n) is 6.76. The lowest BCUT2D eigenvalue weighted by molar-refractivity contribution is 0.0980. The molecule has 3 aromatic rings. The molecule has 0 radical (unpaired) electrons. The van der Waals surface area contributed by atoms with Crippen molar-refractivity contribution >= 4 is 0 Å². The molecule has 0 aliphatic heterocycles. The fourth-order valence-corrected chi connectivity index (χ4v) is 2.84. The fraction of sp³-hybridized carbons (Fsp3) is 0.261. The molecule has 0 spiro atoms. The zero-order chi connectivity index (χ0) is 20.3. The predicted octanol–water partition coefficient (Wildman–Crippen LogP) is 4.50. The monoisotopic (exact) mass is 390 g/mol. The van der Waals surface area contributed by atoms with Gasteiger partial charge in [0.05, 0.1) is 44.4 Å². The molecule has 0 unspecified atom stereocenters. The summed E-state index contributed by atoms with van der Waals surface area (Å²) in [5.74, 6) is 0. The lowest BCUT2D eigenvalue weighted by Crippen LogP contribution is -2.02. The zero-order valence-corrected chi connectivity index (χ0v) is 16.4. The molecule has 0 amide bonds. The molecule has 0 atom stereocenters. The molecule has 0 bridgehead atoms. The summed E-state index contributed by atoms with van der Waals surface area (Å²) in [6.45, 7) is 2.91. The van der Waals surface area contributed by atoms with E-state index in [0.29, 0.717) is 39.5 Å². The predicted molar refractivity (Wildman–Crippen MR) is 111 cm³/mol. The van der Waals surface area contributed by atoms with E-state index in [1.54, 1.807) is 0 Å². The number of benzene rings is 2. The maximum atomic E-state index is 6.90.